The van der Waals surface area contributed by atoms with Crippen LogP contribution in [0.25, 0.3) is 0 Å². The predicted molar refractivity (Wildman–Crippen MR) is 80.6 cm³/mol. The summed E-state index contributed by atoms with van der Waals surface area (Å²) < 4.78 is 5.36. The maximum Gasteiger partial charge on any atom is 0.255 e. The molecule has 0 aromatic carbocycles. The van der Waals surface area contributed by atoms with Crippen molar-refractivity contribution >= 4 is 17.7 Å². The number of aryl methyl sites for hydroxylation is 2. The highest BCUT2D eigenvalue weighted by molar-refractivity contribution is 7.98. The second-order valence-corrected chi connectivity index (χ2v) is 6.08. The standard InChI is InChI=1S/C14H21N3O3S/c1-8-11(13(21-4)17-10(3)16-8)12(18)15-7-14(19)5-6-20-9(14)2/h9,19H,5-7H2,1-4H3,(H,15,18). The topological polar surface area (TPSA) is 84.3 Å². The molecule has 7 heteroatoms. The van der Waals surface area contributed by atoms with Crippen LogP contribution in [-0.4, -0.2) is 52.1 Å². The van der Waals surface area contributed by atoms with Crippen LogP contribution in [0, 0.1) is 13.8 Å². The number of nitrogens with zero attached hydrogens (tertiary/aromatic N) is 2. The molecule has 1 saturated heterocycles. The predicted octanol–water partition coefficient (Wildman–Crippen LogP) is 1.09. The number of amides is 1. The summed E-state index contributed by atoms with van der Waals surface area (Å²) >= 11 is 1.41. The highest BCUT2D eigenvalue weighted by Gasteiger charge is 2.39. The first-order valence-electron chi connectivity index (χ1n) is 6.89. The van der Waals surface area contributed by atoms with Gasteiger partial charge in [0.15, 0.2) is 0 Å². The highest BCUT2D eigenvalue weighted by Crippen LogP contribution is 2.25. The van der Waals surface area contributed by atoms with Crippen LogP contribution >= 0.6 is 11.8 Å². The minimum absolute atomic E-state index is 0.161. The fourth-order valence-electron chi connectivity index (χ4n) is 2.42. The molecule has 0 spiro atoms. The van der Waals surface area contributed by atoms with Gasteiger partial charge >= 0.3 is 0 Å². The Morgan fingerprint density at radius 1 is 1.52 bits per heavy atom. The molecule has 1 amide bonds. The summed E-state index contributed by atoms with van der Waals surface area (Å²) in [7, 11) is 0. The molecular formula is C14H21N3O3S. The van der Waals surface area contributed by atoms with E-state index < -0.39 is 5.60 Å². The van der Waals surface area contributed by atoms with E-state index in [0.717, 1.165) is 0 Å². The van der Waals surface area contributed by atoms with Crippen LogP contribution in [0.3, 0.4) is 0 Å². The lowest BCUT2D eigenvalue weighted by Gasteiger charge is -2.26. The van der Waals surface area contributed by atoms with Gasteiger partial charge in [-0.3, -0.25) is 4.79 Å². The number of aromatic nitrogens is 2. The third kappa shape index (κ3) is 3.36. The number of nitrogens with one attached hydrogen (secondary N) is 1. The van der Waals surface area contributed by atoms with Gasteiger partial charge in [0, 0.05) is 19.6 Å². The van der Waals surface area contributed by atoms with Gasteiger partial charge < -0.3 is 15.2 Å². The largest absolute Gasteiger partial charge is 0.385 e. The van der Waals surface area contributed by atoms with E-state index in [0.29, 0.717) is 35.1 Å². The Labute approximate surface area is 128 Å². The van der Waals surface area contributed by atoms with Gasteiger partial charge in [0.05, 0.1) is 17.4 Å². The van der Waals surface area contributed by atoms with Crippen LogP contribution in [0.2, 0.25) is 0 Å². The van der Waals surface area contributed by atoms with Gasteiger partial charge in [-0.1, -0.05) is 0 Å². The second kappa shape index (κ2) is 6.29. The van der Waals surface area contributed by atoms with Crippen molar-refractivity contribution in [1.82, 2.24) is 15.3 Å². The van der Waals surface area contributed by atoms with Crippen LogP contribution in [0.1, 0.15) is 35.2 Å². The minimum atomic E-state index is -1.01. The second-order valence-electron chi connectivity index (χ2n) is 5.29. The van der Waals surface area contributed by atoms with E-state index in [1.54, 1.807) is 13.8 Å². The zero-order chi connectivity index (χ0) is 15.6. The quantitative estimate of drug-likeness (QED) is 0.639. The maximum absolute atomic E-state index is 12.4. The molecule has 2 N–H and O–H groups in total. The number of thioether (sulfide) groups is 1. The third-order valence-corrected chi connectivity index (χ3v) is 4.49. The molecule has 0 aliphatic carbocycles. The summed E-state index contributed by atoms with van der Waals surface area (Å²) in [6, 6.07) is 0. The lowest BCUT2D eigenvalue weighted by molar-refractivity contribution is -0.0252. The first kappa shape index (κ1) is 16.2. The SMILES string of the molecule is CSc1nc(C)nc(C)c1C(=O)NCC1(O)CCOC1C. The molecule has 116 valence electrons. The molecule has 0 radical (unpaired) electrons. The molecule has 1 aromatic heterocycles. The summed E-state index contributed by atoms with van der Waals surface area (Å²) in [5.74, 6) is 0.384. The normalized spacial score (nSPS) is 25.1. The van der Waals surface area contributed by atoms with Crippen LogP contribution in [0.4, 0.5) is 0 Å². The van der Waals surface area contributed by atoms with E-state index in [1.165, 1.54) is 11.8 Å². The Kier molecular flexibility index (Phi) is 4.85. The summed E-state index contributed by atoms with van der Waals surface area (Å²) in [5, 5.41) is 13.9. The van der Waals surface area contributed by atoms with Crippen LogP contribution < -0.4 is 5.32 Å². The van der Waals surface area contributed by atoms with Crippen LogP contribution in [-0.2, 0) is 4.74 Å². The molecule has 21 heavy (non-hydrogen) atoms. The summed E-state index contributed by atoms with van der Waals surface area (Å²) in [6.07, 6.45) is 2.11. The Morgan fingerprint density at radius 2 is 2.24 bits per heavy atom. The molecule has 1 aromatic rings. The fourth-order valence-corrected chi connectivity index (χ4v) is 3.08. The lowest BCUT2D eigenvalue weighted by atomic mass is 9.96. The Bertz CT molecular complexity index is 553. The number of hydrogen-bond acceptors (Lipinski definition) is 6. The first-order chi connectivity index (χ1) is 9.87. The lowest BCUT2D eigenvalue weighted by Crippen LogP contribution is -2.47. The monoisotopic (exact) mass is 311 g/mol. The van der Waals surface area contributed by atoms with E-state index in [1.807, 2.05) is 13.2 Å². The summed E-state index contributed by atoms with van der Waals surface area (Å²) in [4.78, 5) is 20.9. The number of ether oxygens (including phenoxy) is 1. The number of carbonyl (C=O) groups excluding carboxylic acids is 1. The first-order valence-corrected chi connectivity index (χ1v) is 8.11. The van der Waals surface area contributed by atoms with E-state index in [4.69, 9.17) is 4.74 Å². The van der Waals surface area contributed by atoms with Crippen LogP contribution in [0.5, 0.6) is 0 Å². The maximum atomic E-state index is 12.4. The minimum Gasteiger partial charge on any atom is -0.385 e. The zero-order valence-corrected chi connectivity index (χ0v) is 13.6. The van der Waals surface area contributed by atoms with Gasteiger partial charge in [-0.25, -0.2) is 9.97 Å². The molecule has 0 bridgehead atoms. The molecule has 2 unspecified atom stereocenters. The van der Waals surface area contributed by atoms with Crippen molar-refractivity contribution in [3.63, 3.8) is 0 Å². The van der Waals surface area contributed by atoms with Gasteiger partial charge in [-0.15, -0.1) is 11.8 Å². The molecule has 2 atom stereocenters. The Balaban J connectivity index is 2.14. The van der Waals surface area contributed by atoms with E-state index in [9.17, 15) is 9.90 Å². The zero-order valence-electron chi connectivity index (χ0n) is 12.8. The van der Waals surface area contributed by atoms with Gasteiger partial charge in [0.25, 0.3) is 5.91 Å². The number of hydrogen-bond donors (Lipinski definition) is 2. The van der Waals surface area contributed by atoms with Crippen molar-refractivity contribution < 1.29 is 14.6 Å². The number of rotatable bonds is 4. The molecule has 1 aliphatic heterocycles. The third-order valence-electron chi connectivity index (χ3n) is 3.80. The van der Waals surface area contributed by atoms with Gasteiger partial charge in [-0.2, -0.15) is 0 Å². The molecule has 2 rings (SSSR count). The molecular weight excluding hydrogens is 290 g/mol. The smallest absolute Gasteiger partial charge is 0.255 e. The average Bonchev–Trinajstić information content (AvgIpc) is 2.75. The average molecular weight is 311 g/mol. The van der Waals surface area contributed by atoms with Gasteiger partial charge in [-0.05, 0) is 27.0 Å². The van der Waals surface area contributed by atoms with Gasteiger partial charge in [0.2, 0.25) is 0 Å². The van der Waals surface area contributed by atoms with Crippen molar-refractivity contribution in [3.8, 4) is 0 Å². The Hall–Kier alpha value is -1.18. The highest BCUT2D eigenvalue weighted by atomic mass is 32.2. The molecule has 6 nitrogen and oxygen atoms in total. The van der Waals surface area contributed by atoms with Crippen molar-refractivity contribution in [3.05, 3.63) is 17.1 Å². The molecule has 1 aliphatic rings. The fraction of sp³-hybridized carbons (Fsp3) is 0.643. The molecule has 0 saturated carbocycles. The molecule has 2 heterocycles. The van der Waals surface area contributed by atoms with Crippen molar-refractivity contribution in [2.24, 2.45) is 0 Å². The van der Waals surface area contributed by atoms with Crippen molar-refractivity contribution in [2.45, 2.75) is 43.9 Å². The van der Waals surface area contributed by atoms with Crippen LogP contribution in [0.15, 0.2) is 5.03 Å². The Morgan fingerprint density at radius 3 is 2.81 bits per heavy atom. The summed E-state index contributed by atoms with van der Waals surface area (Å²) in [5.41, 5.74) is 0.115. The van der Waals surface area contributed by atoms with Gasteiger partial charge in [0.1, 0.15) is 16.5 Å². The van der Waals surface area contributed by atoms with E-state index >= 15 is 0 Å². The van der Waals surface area contributed by atoms with Crippen molar-refractivity contribution in [2.75, 3.05) is 19.4 Å². The number of carbonyl (C=O) groups is 1. The van der Waals surface area contributed by atoms with E-state index in [-0.39, 0.29) is 18.6 Å². The van der Waals surface area contributed by atoms with E-state index in [2.05, 4.69) is 15.3 Å². The number of aliphatic hydroxyl groups is 1. The molecule has 1 fully saturated rings. The van der Waals surface area contributed by atoms with Crippen molar-refractivity contribution in [1.29, 1.82) is 0 Å². The summed E-state index contributed by atoms with van der Waals surface area (Å²) in [6.45, 7) is 6.07.